The number of aliphatic carboxylic acids is 1. The molecule has 1 aromatic rings. The molecule has 0 radical (unpaired) electrons. The third-order valence-corrected chi connectivity index (χ3v) is 5.37. The lowest BCUT2D eigenvalue weighted by atomic mass is 10.1. The van der Waals surface area contributed by atoms with Crippen LogP contribution in [0.2, 0.25) is 0 Å². The molecule has 0 bridgehead atoms. The summed E-state index contributed by atoms with van der Waals surface area (Å²) < 4.78 is 0. The van der Waals surface area contributed by atoms with Gasteiger partial charge in [-0.3, -0.25) is 14.4 Å². The maximum Gasteiger partial charge on any atom is 0.328 e. The topological polar surface area (TPSA) is 212 Å². The SMILES string of the molecule is NCCCCC(NC(=O)C1CCCN1)C(=O)NC(Cc1cnc[nH]1)C(=O)NC(CO)C(=O)O. The van der Waals surface area contributed by atoms with Gasteiger partial charge in [-0.05, 0) is 45.2 Å². The highest BCUT2D eigenvalue weighted by atomic mass is 16.4. The van der Waals surface area contributed by atoms with Crippen molar-refractivity contribution in [1.82, 2.24) is 31.2 Å². The minimum Gasteiger partial charge on any atom is -0.480 e. The number of nitrogens with one attached hydrogen (secondary N) is 5. The van der Waals surface area contributed by atoms with Crippen molar-refractivity contribution in [2.75, 3.05) is 19.7 Å². The lowest BCUT2D eigenvalue weighted by molar-refractivity contribution is -0.143. The minimum atomic E-state index is -1.52. The second-order valence-corrected chi connectivity index (χ2v) is 7.92. The minimum absolute atomic E-state index is 0.00296. The molecule has 0 spiro atoms. The zero-order valence-electron chi connectivity index (χ0n) is 18.4. The maximum atomic E-state index is 13.1. The van der Waals surface area contributed by atoms with Crippen LogP contribution in [0.15, 0.2) is 12.5 Å². The summed E-state index contributed by atoms with van der Waals surface area (Å²) in [4.78, 5) is 56.3. The molecule has 2 heterocycles. The van der Waals surface area contributed by atoms with Gasteiger partial charge in [0.25, 0.3) is 0 Å². The monoisotopic (exact) mass is 467 g/mol. The second kappa shape index (κ2) is 13.5. The number of aliphatic hydroxyl groups is 1. The first-order chi connectivity index (χ1) is 15.8. The molecular weight excluding hydrogens is 434 g/mol. The summed E-state index contributed by atoms with van der Waals surface area (Å²) in [6.07, 6.45) is 6.00. The fourth-order valence-corrected chi connectivity index (χ4v) is 3.50. The van der Waals surface area contributed by atoms with E-state index in [9.17, 15) is 24.3 Å². The number of carboxylic acid groups (broad SMARTS) is 1. The lowest BCUT2D eigenvalue weighted by Crippen LogP contribution is -2.58. The van der Waals surface area contributed by atoms with E-state index in [2.05, 4.69) is 31.2 Å². The van der Waals surface area contributed by atoms with E-state index < -0.39 is 42.5 Å². The van der Waals surface area contributed by atoms with Crippen LogP contribution in [0.5, 0.6) is 0 Å². The molecule has 4 atom stereocenters. The molecule has 0 aromatic carbocycles. The molecule has 3 amide bonds. The van der Waals surface area contributed by atoms with Crippen molar-refractivity contribution >= 4 is 23.7 Å². The van der Waals surface area contributed by atoms with Crippen molar-refractivity contribution in [1.29, 1.82) is 0 Å². The van der Waals surface area contributed by atoms with Crippen LogP contribution >= 0.6 is 0 Å². The molecule has 0 saturated carbocycles. The third kappa shape index (κ3) is 8.44. The molecule has 1 fully saturated rings. The number of nitrogens with two attached hydrogens (primary N) is 1. The van der Waals surface area contributed by atoms with Gasteiger partial charge in [0.15, 0.2) is 0 Å². The zero-order chi connectivity index (χ0) is 24.2. The van der Waals surface area contributed by atoms with E-state index in [-0.39, 0.29) is 18.4 Å². The average Bonchev–Trinajstić information content (AvgIpc) is 3.50. The van der Waals surface area contributed by atoms with E-state index in [0.717, 1.165) is 13.0 Å². The zero-order valence-corrected chi connectivity index (χ0v) is 18.4. The van der Waals surface area contributed by atoms with Gasteiger partial charge in [0.2, 0.25) is 17.7 Å². The second-order valence-electron chi connectivity index (χ2n) is 7.92. The molecule has 9 N–H and O–H groups in total. The molecule has 1 aliphatic heterocycles. The Bertz CT molecular complexity index is 782. The van der Waals surface area contributed by atoms with E-state index >= 15 is 0 Å². The predicted octanol–water partition coefficient (Wildman–Crippen LogP) is -2.64. The number of imidazole rings is 1. The fourth-order valence-electron chi connectivity index (χ4n) is 3.50. The molecule has 0 aliphatic carbocycles. The largest absolute Gasteiger partial charge is 0.480 e. The quantitative estimate of drug-likeness (QED) is 0.134. The number of rotatable bonds is 14. The van der Waals surface area contributed by atoms with Crippen molar-refractivity contribution < 1.29 is 29.4 Å². The Morgan fingerprint density at radius 2 is 1.85 bits per heavy atom. The first kappa shape index (κ1) is 26.2. The third-order valence-electron chi connectivity index (χ3n) is 5.37. The van der Waals surface area contributed by atoms with E-state index in [1.54, 1.807) is 0 Å². The molecule has 33 heavy (non-hydrogen) atoms. The number of hydrogen-bond acceptors (Lipinski definition) is 8. The normalized spacial score (nSPS) is 18.2. The number of carbonyl (C=O) groups excluding carboxylic acids is 3. The van der Waals surface area contributed by atoms with E-state index in [1.165, 1.54) is 12.5 Å². The number of amides is 3. The number of nitrogens with zero attached hydrogens (tertiary/aromatic N) is 1. The Morgan fingerprint density at radius 1 is 1.12 bits per heavy atom. The summed E-state index contributed by atoms with van der Waals surface area (Å²) >= 11 is 0. The van der Waals surface area contributed by atoms with Crippen LogP contribution < -0.4 is 27.0 Å². The Kier molecular flexibility index (Phi) is 10.7. The summed E-state index contributed by atoms with van der Waals surface area (Å²) in [6, 6.07) is -3.95. The number of aromatic amines is 1. The number of unbranched alkanes of at least 4 members (excludes halogenated alkanes) is 1. The van der Waals surface area contributed by atoms with Gasteiger partial charge >= 0.3 is 5.97 Å². The van der Waals surface area contributed by atoms with E-state index in [0.29, 0.717) is 37.9 Å². The molecule has 184 valence electrons. The predicted molar refractivity (Wildman–Crippen MR) is 117 cm³/mol. The van der Waals surface area contributed by atoms with Gasteiger partial charge in [-0.25, -0.2) is 9.78 Å². The highest BCUT2D eigenvalue weighted by Crippen LogP contribution is 2.08. The molecule has 4 unspecified atom stereocenters. The number of aromatic nitrogens is 2. The first-order valence-electron chi connectivity index (χ1n) is 11.0. The van der Waals surface area contributed by atoms with Crippen molar-refractivity contribution in [3.05, 3.63) is 18.2 Å². The molecule has 13 nitrogen and oxygen atoms in total. The smallest absolute Gasteiger partial charge is 0.328 e. The van der Waals surface area contributed by atoms with Crippen LogP contribution in [0, 0.1) is 0 Å². The molecule has 1 aromatic heterocycles. The van der Waals surface area contributed by atoms with Crippen LogP contribution in [0.25, 0.3) is 0 Å². The number of aliphatic hydroxyl groups excluding tert-OH is 1. The number of carbonyl (C=O) groups is 4. The molecule has 13 heteroatoms. The van der Waals surface area contributed by atoms with Crippen molar-refractivity contribution in [2.24, 2.45) is 5.73 Å². The van der Waals surface area contributed by atoms with Gasteiger partial charge in [-0.1, -0.05) is 0 Å². The van der Waals surface area contributed by atoms with Crippen molar-refractivity contribution in [3.63, 3.8) is 0 Å². The number of H-pyrrole nitrogens is 1. The summed E-state index contributed by atoms with van der Waals surface area (Å²) in [5, 5.41) is 29.0. The van der Waals surface area contributed by atoms with Gasteiger partial charge in [0.05, 0.1) is 19.0 Å². The maximum absolute atomic E-state index is 13.1. The average molecular weight is 468 g/mol. The standard InChI is InChI=1S/C20H33N7O6/c21-6-2-1-4-14(25-17(29)13-5-3-7-23-13)18(30)26-15(8-12-9-22-11-24-12)19(31)27-16(10-28)20(32)33/h9,11,13-16,23,28H,1-8,10,21H2,(H,22,24)(H,25,29)(H,26,30)(H,27,31)(H,32,33). The number of carboxylic acids is 1. The highest BCUT2D eigenvalue weighted by molar-refractivity contribution is 5.94. The van der Waals surface area contributed by atoms with Crippen LogP contribution in [-0.2, 0) is 25.6 Å². The number of hydrogen-bond donors (Lipinski definition) is 8. The lowest BCUT2D eigenvalue weighted by Gasteiger charge is -2.25. The molecular formula is C20H33N7O6. The Balaban J connectivity index is 2.12. The van der Waals surface area contributed by atoms with E-state index in [1.807, 2.05) is 0 Å². The summed E-state index contributed by atoms with van der Waals surface area (Å²) in [5.41, 5.74) is 6.08. The molecule has 1 saturated heterocycles. The van der Waals surface area contributed by atoms with Gasteiger partial charge in [-0.2, -0.15) is 0 Å². The molecule has 1 aliphatic rings. The Labute approximate surface area is 191 Å². The highest BCUT2D eigenvalue weighted by Gasteiger charge is 2.31. The molecule has 2 rings (SSSR count). The van der Waals surface area contributed by atoms with Crippen molar-refractivity contribution in [2.45, 2.75) is 62.7 Å². The Hall–Kier alpha value is -3.03. The summed E-state index contributed by atoms with van der Waals surface area (Å²) in [6.45, 7) is 0.358. The Morgan fingerprint density at radius 3 is 2.42 bits per heavy atom. The van der Waals surface area contributed by atoms with Crippen LogP contribution in [0.4, 0.5) is 0 Å². The van der Waals surface area contributed by atoms with Gasteiger partial charge in [0.1, 0.15) is 18.1 Å². The van der Waals surface area contributed by atoms with Crippen LogP contribution in [-0.4, -0.2) is 87.7 Å². The van der Waals surface area contributed by atoms with Gasteiger partial charge < -0.3 is 42.2 Å². The van der Waals surface area contributed by atoms with E-state index in [4.69, 9.17) is 10.8 Å². The van der Waals surface area contributed by atoms with Gasteiger partial charge in [-0.15, -0.1) is 0 Å². The van der Waals surface area contributed by atoms with Gasteiger partial charge in [0, 0.05) is 18.3 Å². The van der Waals surface area contributed by atoms with Crippen LogP contribution in [0.3, 0.4) is 0 Å². The summed E-state index contributed by atoms with van der Waals surface area (Å²) in [7, 11) is 0. The summed E-state index contributed by atoms with van der Waals surface area (Å²) in [5.74, 6) is -3.06. The van der Waals surface area contributed by atoms with Crippen molar-refractivity contribution in [3.8, 4) is 0 Å². The van der Waals surface area contributed by atoms with Crippen LogP contribution in [0.1, 0.15) is 37.8 Å². The first-order valence-corrected chi connectivity index (χ1v) is 11.0. The fraction of sp³-hybridized carbons (Fsp3) is 0.650.